The first-order valence-electron chi connectivity index (χ1n) is 10.8. The van der Waals surface area contributed by atoms with E-state index in [1.165, 1.54) is 6.20 Å². The van der Waals surface area contributed by atoms with E-state index < -0.39 is 12.3 Å². The SMILES string of the molecule is CNC.Cc1cccc(C(O)CNc2cc[nH]c(=O)c2C2Nc3cc(C=O)c(C=O)cc3N2)c1. The van der Waals surface area contributed by atoms with Crippen molar-refractivity contribution < 1.29 is 14.7 Å². The number of aromatic nitrogens is 1. The molecule has 9 heteroatoms. The number of aliphatic hydroxyl groups is 1. The van der Waals surface area contributed by atoms with Crippen molar-refractivity contribution in [2.45, 2.75) is 19.2 Å². The zero-order chi connectivity index (χ0) is 24.7. The van der Waals surface area contributed by atoms with Crippen molar-refractivity contribution in [2.75, 3.05) is 36.6 Å². The van der Waals surface area contributed by atoms with Gasteiger partial charge >= 0.3 is 0 Å². The summed E-state index contributed by atoms with van der Waals surface area (Å²) in [7, 11) is 3.75. The Kier molecular flexibility index (Phi) is 8.18. The van der Waals surface area contributed by atoms with Gasteiger partial charge in [0.1, 0.15) is 6.17 Å². The number of hydrogen-bond acceptors (Lipinski definition) is 8. The zero-order valence-corrected chi connectivity index (χ0v) is 19.3. The van der Waals surface area contributed by atoms with Gasteiger partial charge in [-0.15, -0.1) is 0 Å². The molecule has 0 amide bonds. The van der Waals surface area contributed by atoms with Gasteiger partial charge in [-0.05, 0) is 44.8 Å². The van der Waals surface area contributed by atoms with Gasteiger partial charge in [0.05, 0.1) is 23.0 Å². The third kappa shape index (κ3) is 5.51. The van der Waals surface area contributed by atoms with E-state index in [9.17, 15) is 19.5 Å². The Morgan fingerprint density at radius 1 is 1.03 bits per heavy atom. The predicted octanol–water partition coefficient (Wildman–Crippen LogP) is 2.83. The lowest BCUT2D eigenvalue weighted by molar-refractivity contribution is 0.109. The lowest BCUT2D eigenvalue weighted by Crippen LogP contribution is -2.26. The molecule has 6 N–H and O–H groups in total. The van der Waals surface area contributed by atoms with Gasteiger partial charge in [0.15, 0.2) is 12.6 Å². The van der Waals surface area contributed by atoms with Gasteiger partial charge in [-0.3, -0.25) is 14.4 Å². The number of H-pyrrole nitrogens is 1. The van der Waals surface area contributed by atoms with Crippen molar-refractivity contribution >= 4 is 29.6 Å². The number of nitrogens with one attached hydrogen (secondary N) is 5. The maximum atomic E-state index is 12.6. The summed E-state index contributed by atoms with van der Waals surface area (Å²) in [5, 5.41) is 22.8. The monoisotopic (exact) mass is 463 g/mol. The number of carbonyl (C=O) groups excluding carboxylic acids is 2. The number of aromatic amines is 1. The number of aryl methyl sites for hydroxylation is 1. The molecule has 0 bridgehead atoms. The molecular formula is C25H29N5O4. The zero-order valence-electron chi connectivity index (χ0n) is 19.3. The second-order valence-electron chi connectivity index (χ2n) is 7.93. The van der Waals surface area contributed by atoms with Gasteiger partial charge in [-0.25, -0.2) is 0 Å². The summed E-state index contributed by atoms with van der Waals surface area (Å²) in [4.78, 5) is 37.8. The predicted molar refractivity (Wildman–Crippen MR) is 134 cm³/mol. The highest BCUT2D eigenvalue weighted by molar-refractivity contribution is 5.95. The first-order chi connectivity index (χ1) is 16.4. The average Bonchev–Trinajstić information content (AvgIpc) is 3.24. The molecule has 1 aliphatic heterocycles. The van der Waals surface area contributed by atoms with Crippen LogP contribution in [0, 0.1) is 6.92 Å². The topological polar surface area (TPSA) is 135 Å². The van der Waals surface area contributed by atoms with Crippen LogP contribution in [0.4, 0.5) is 17.1 Å². The third-order valence-corrected chi connectivity index (χ3v) is 5.28. The van der Waals surface area contributed by atoms with Gasteiger partial charge < -0.3 is 31.4 Å². The van der Waals surface area contributed by atoms with E-state index in [0.717, 1.165) is 11.1 Å². The molecule has 2 heterocycles. The van der Waals surface area contributed by atoms with Crippen LogP contribution in [0.1, 0.15) is 49.7 Å². The largest absolute Gasteiger partial charge is 0.387 e. The molecular weight excluding hydrogens is 434 g/mol. The Bertz CT molecular complexity index is 1190. The standard InChI is InChI=1S/C23H22N4O4.C2H7N/c1-13-3-2-4-14(7-13)20(30)10-25-17-5-6-24-23(31)21(17)22-26-18-8-15(11-28)16(12-29)9-19(18)27-22;1-3-2/h2-9,11-12,20,22,26-27,30H,10H2,1H3,(H2,24,25,31);3H,1-2H3. The van der Waals surface area contributed by atoms with Crippen molar-refractivity contribution in [1.82, 2.24) is 10.3 Å². The number of benzene rings is 2. The molecule has 0 fully saturated rings. The maximum Gasteiger partial charge on any atom is 0.257 e. The van der Waals surface area contributed by atoms with E-state index in [1.807, 2.05) is 45.3 Å². The van der Waals surface area contributed by atoms with Crippen LogP contribution in [-0.2, 0) is 0 Å². The number of hydrogen-bond donors (Lipinski definition) is 6. The molecule has 0 saturated heterocycles. The molecule has 3 aromatic rings. The Hall–Kier alpha value is -3.95. The molecule has 34 heavy (non-hydrogen) atoms. The summed E-state index contributed by atoms with van der Waals surface area (Å²) in [5.74, 6) is 0. The van der Waals surface area contributed by atoms with Gasteiger partial charge in [0.2, 0.25) is 0 Å². The number of fused-ring (bicyclic) bond motifs is 1. The molecule has 1 aliphatic rings. The Morgan fingerprint density at radius 2 is 1.65 bits per heavy atom. The minimum atomic E-state index is -0.751. The molecule has 0 radical (unpaired) electrons. The summed E-state index contributed by atoms with van der Waals surface area (Å²) in [6, 6.07) is 12.5. The molecule has 4 rings (SSSR count). The van der Waals surface area contributed by atoms with Crippen LogP contribution in [0.3, 0.4) is 0 Å². The van der Waals surface area contributed by atoms with Crippen LogP contribution >= 0.6 is 0 Å². The molecule has 0 saturated carbocycles. The molecule has 1 aromatic heterocycles. The van der Waals surface area contributed by atoms with E-state index in [0.29, 0.717) is 35.2 Å². The van der Waals surface area contributed by atoms with E-state index in [2.05, 4.69) is 26.3 Å². The average molecular weight is 464 g/mol. The Labute approximate surface area is 197 Å². The van der Waals surface area contributed by atoms with Gasteiger partial charge in [-0.1, -0.05) is 29.8 Å². The number of rotatable bonds is 7. The van der Waals surface area contributed by atoms with Crippen molar-refractivity contribution in [1.29, 1.82) is 0 Å². The second kappa shape index (κ2) is 11.3. The van der Waals surface area contributed by atoms with Crippen LogP contribution in [0.15, 0.2) is 53.5 Å². The fourth-order valence-electron chi connectivity index (χ4n) is 3.70. The number of carbonyl (C=O) groups is 2. The Balaban J connectivity index is 0.00000103. The van der Waals surface area contributed by atoms with Crippen LogP contribution in [0.2, 0.25) is 0 Å². The highest BCUT2D eigenvalue weighted by atomic mass is 16.3. The normalized spacial score (nSPS) is 12.9. The molecule has 1 atom stereocenters. The minimum absolute atomic E-state index is 0.212. The van der Waals surface area contributed by atoms with Crippen LogP contribution < -0.4 is 26.8 Å². The first-order valence-corrected chi connectivity index (χ1v) is 10.8. The molecule has 9 nitrogen and oxygen atoms in total. The molecule has 2 aromatic carbocycles. The minimum Gasteiger partial charge on any atom is -0.387 e. The van der Waals surface area contributed by atoms with Crippen molar-refractivity contribution in [3.8, 4) is 0 Å². The highest BCUT2D eigenvalue weighted by Crippen LogP contribution is 2.37. The summed E-state index contributed by atoms with van der Waals surface area (Å²) in [6.45, 7) is 2.17. The second-order valence-corrected chi connectivity index (χ2v) is 7.93. The van der Waals surface area contributed by atoms with Gasteiger partial charge in [0, 0.05) is 29.6 Å². The van der Waals surface area contributed by atoms with Crippen molar-refractivity contribution in [2.24, 2.45) is 0 Å². The van der Waals surface area contributed by atoms with E-state index in [4.69, 9.17) is 0 Å². The highest BCUT2D eigenvalue weighted by Gasteiger charge is 2.27. The van der Waals surface area contributed by atoms with Gasteiger partial charge in [-0.2, -0.15) is 0 Å². The summed E-state index contributed by atoms with van der Waals surface area (Å²) in [5.41, 5.74) is 4.25. The summed E-state index contributed by atoms with van der Waals surface area (Å²) >= 11 is 0. The lowest BCUT2D eigenvalue weighted by Gasteiger charge is -2.19. The number of aldehydes is 2. The van der Waals surface area contributed by atoms with E-state index in [1.54, 1.807) is 18.2 Å². The molecule has 0 aliphatic carbocycles. The fourth-order valence-corrected chi connectivity index (χ4v) is 3.70. The third-order valence-electron chi connectivity index (χ3n) is 5.28. The lowest BCUT2D eigenvalue weighted by atomic mass is 10.1. The molecule has 0 spiro atoms. The number of pyridine rings is 1. The number of aliphatic hydroxyl groups excluding tert-OH is 1. The quantitative estimate of drug-likeness (QED) is 0.295. The number of anilines is 3. The fraction of sp³-hybridized carbons (Fsp3) is 0.240. The van der Waals surface area contributed by atoms with Gasteiger partial charge in [0.25, 0.3) is 5.56 Å². The smallest absolute Gasteiger partial charge is 0.257 e. The first kappa shape index (κ1) is 24.7. The van der Waals surface area contributed by atoms with Crippen LogP contribution in [-0.4, -0.2) is 43.3 Å². The van der Waals surface area contributed by atoms with Crippen molar-refractivity contribution in [3.05, 3.63) is 86.8 Å². The summed E-state index contributed by atoms with van der Waals surface area (Å²) in [6.07, 6.45) is 1.44. The maximum absolute atomic E-state index is 12.6. The molecule has 1 unspecified atom stereocenters. The van der Waals surface area contributed by atoms with E-state index >= 15 is 0 Å². The van der Waals surface area contributed by atoms with Crippen molar-refractivity contribution in [3.63, 3.8) is 0 Å². The van der Waals surface area contributed by atoms with Crippen LogP contribution in [0.5, 0.6) is 0 Å². The Morgan fingerprint density at radius 3 is 2.21 bits per heavy atom. The van der Waals surface area contributed by atoms with Crippen LogP contribution in [0.25, 0.3) is 0 Å². The molecule has 178 valence electrons. The van der Waals surface area contributed by atoms with E-state index in [-0.39, 0.29) is 23.2 Å². The summed E-state index contributed by atoms with van der Waals surface area (Å²) < 4.78 is 0.